The van der Waals surface area contributed by atoms with Crippen LogP contribution in [-0.4, -0.2) is 36.1 Å². The topological polar surface area (TPSA) is 40.5 Å². The minimum atomic E-state index is -0.0101. The molecule has 0 aliphatic rings. The molecule has 10 heavy (non-hydrogen) atoms. The molecule has 3 nitrogen and oxygen atoms in total. The Hall–Kier alpha value is -0.830. The second kappa shape index (κ2) is 4.99. The Bertz CT molecular complexity index is 123. The van der Waals surface area contributed by atoms with Crippen molar-refractivity contribution in [2.75, 3.05) is 20.2 Å². The summed E-state index contributed by atoms with van der Waals surface area (Å²) >= 11 is 0. The molecule has 58 valence electrons. The number of likely N-dealkylation sites (N-methyl/N-ethyl adjacent to an activating group) is 1. The minimum absolute atomic E-state index is 0.0101. The van der Waals surface area contributed by atoms with E-state index in [0.717, 1.165) is 0 Å². The predicted octanol–water partition coefficient (Wildman–Crippen LogP) is 0.0132. The van der Waals surface area contributed by atoms with Crippen LogP contribution < -0.4 is 0 Å². The SMILES string of the molecule is C=CCC(=O)N(C)CCO. The largest absolute Gasteiger partial charge is 0.395 e. The summed E-state index contributed by atoms with van der Waals surface area (Å²) in [6.45, 7) is 3.84. The van der Waals surface area contributed by atoms with E-state index in [0.29, 0.717) is 13.0 Å². The Kier molecular flexibility index (Phi) is 4.58. The van der Waals surface area contributed by atoms with Gasteiger partial charge in [-0.25, -0.2) is 0 Å². The van der Waals surface area contributed by atoms with E-state index >= 15 is 0 Å². The first-order chi connectivity index (χ1) is 4.72. The molecule has 0 aromatic rings. The smallest absolute Gasteiger partial charge is 0.226 e. The maximum Gasteiger partial charge on any atom is 0.226 e. The normalized spacial score (nSPS) is 9.00. The summed E-state index contributed by atoms with van der Waals surface area (Å²) in [7, 11) is 1.65. The van der Waals surface area contributed by atoms with Gasteiger partial charge in [-0.1, -0.05) is 6.08 Å². The van der Waals surface area contributed by atoms with Crippen molar-refractivity contribution in [1.82, 2.24) is 4.90 Å². The van der Waals surface area contributed by atoms with Crippen molar-refractivity contribution < 1.29 is 9.90 Å². The molecule has 0 heterocycles. The molecule has 1 amide bonds. The van der Waals surface area contributed by atoms with E-state index in [4.69, 9.17) is 5.11 Å². The number of nitrogens with zero attached hydrogens (tertiary/aromatic N) is 1. The number of amides is 1. The van der Waals surface area contributed by atoms with E-state index < -0.39 is 0 Å². The first-order valence-electron chi connectivity index (χ1n) is 3.18. The van der Waals surface area contributed by atoms with Gasteiger partial charge in [-0.2, -0.15) is 0 Å². The first kappa shape index (κ1) is 9.17. The Balaban J connectivity index is 3.58. The lowest BCUT2D eigenvalue weighted by Gasteiger charge is -2.13. The summed E-state index contributed by atoms with van der Waals surface area (Å²) in [5.41, 5.74) is 0. The van der Waals surface area contributed by atoms with Crippen LogP contribution in [0.4, 0.5) is 0 Å². The zero-order chi connectivity index (χ0) is 7.98. The van der Waals surface area contributed by atoms with Crippen LogP contribution in [0.5, 0.6) is 0 Å². The fraction of sp³-hybridized carbons (Fsp3) is 0.571. The van der Waals surface area contributed by atoms with Crippen LogP contribution in [-0.2, 0) is 4.79 Å². The highest BCUT2D eigenvalue weighted by Gasteiger charge is 2.03. The number of hydrogen-bond acceptors (Lipinski definition) is 2. The molecular formula is C7H13NO2. The van der Waals surface area contributed by atoms with Crippen LogP contribution in [0.1, 0.15) is 6.42 Å². The molecule has 0 aromatic heterocycles. The van der Waals surface area contributed by atoms with Gasteiger partial charge >= 0.3 is 0 Å². The van der Waals surface area contributed by atoms with Crippen molar-refractivity contribution in [1.29, 1.82) is 0 Å². The van der Waals surface area contributed by atoms with Crippen LogP contribution in [0.2, 0.25) is 0 Å². The van der Waals surface area contributed by atoms with Gasteiger partial charge in [-0.05, 0) is 0 Å². The number of hydrogen-bond donors (Lipinski definition) is 1. The van der Waals surface area contributed by atoms with E-state index in [2.05, 4.69) is 6.58 Å². The van der Waals surface area contributed by atoms with Gasteiger partial charge in [0.05, 0.1) is 6.61 Å². The highest BCUT2D eigenvalue weighted by Crippen LogP contribution is 1.89. The van der Waals surface area contributed by atoms with Gasteiger partial charge in [-0.3, -0.25) is 4.79 Å². The second-order valence-electron chi connectivity index (χ2n) is 2.03. The lowest BCUT2D eigenvalue weighted by molar-refractivity contribution is -0.129. The standard InChI is InChI=1S/C7H13NO2/c1-3-4-7(10)8(2)5-6-9/h3,9H,1,4-6H2,2H3. The van der Waals surface area contributed by atoms with E-state index in [1.165, 1.54) is 4.90 Å². The molecule has 0 radical (unpaired) electrons. The Morgan fingerprint density at radius 1 is 1.80 bits per heavy atom. The number of aliphatic hydroxyl groups excluding tert-OH is 1. The number of carbonyl (C=O) groups is 1. The third-order valence-corrected chi connectivity index (χ3v) is 1.18. The van der Waals surface area contributed by atoms with E-state index in [-0.39, 0.29) is 12.5 Å². The molecule has 0 fully saturated rings. The van der Waals surface area contributed by atoms with Gasteiger partial charge in [0.15, 0.2) is 0 Å². The van der Waals surface area contributed by atoms with Crippen LogP contribution in [0.3, 0.4) is 0 Å². The molecule has 0 saturated heterocycles. The van der Waals surface area contributed by atoms with Crippen molar-refractivity contribution in [3.8, 4) is 0 Å². The molecule has 0 saturated carbocycles. The van der Waals surface area contributed by atoms with Crippen LogP contribution in [0.25, 0.3) is 0 Å². The molecule has 0 aliphatic carbocycles. The quantitative estimate of drug-likeness (QED) is 0.563. The second-order valence-corrected chi connectivity index (χ2v) is 2.03. The van der Waals surface area contributed by atoms with Crippen molar-refractivity contribution in [2.45, 2.75) is 6.42 Å². The molecule has 0 bridgehead atoms. The van der Waals surface area contributed by atoms with E-state index in [9.17, 15) is 4.79 Å². The molecule has 0 aliphatic heterocycles. The molecule has 0 atom stereocenters. The van der Waals surface area contributed by atoms with Crippen LogP contribution in [0, 0.1) is 0 Å². The van der Waals surface area contributed by atoms with Crippen molar-refractivity contribution in [3.63, 3.8) is 0 Å². The Morgan fingerprint density at radius 3 is 2.80 bits per heavy atom. The average Bonchev–Trinajstić information content (AvgIpc) is 1.89. The maximum absolute atomic E-state index is 10.9. The summed E-state index contributed by atoms with van der Waals surface area (Å²) in [4.78, 5) is 12.4. The minimum Gasteiger partial charge on any atom is -0.395 e. The number of carbonyl (C=O) groups excluding carboxylic acids is 1. The molecule has 3 heteroatoms. The fourth-order valence-electron chi connectivity index (χ4n) is 0.554. The molecule has 0 rings (SSSR count). The Morgan fingerprint density at radius 2 is 2.40 bits per heavy atom. The molecule has 0 spiro atoms. The van der Waals surface area contributed by atoms with Gasteiger partial charge in [0.1, 0.15) is 0 Å². The number of aliphatic hydroxyl groups is 1. The van der Waals surface area contributed by atoms with E-state index in [1.807, 2.05) is 0 Å². The van der Waals surface area contributed by atoms with Crippen molar-refractivity contribution in [2.24, 2.45) is 0 Å². The summed E-state index contributed by atoms with van der Waals surface area (Å²) in [5.74, 6) is -0.0101. The summed E-state index contributed by atoms with van der Waals surface area (Å²) < 4.78 is 0. The molecule has 0 aromatic carbocycles. The lowest BCUT2D eigenvalue weighted by atomic mass is 10.4. The van der Waals surface area contributed by atoms with Gasteiger partial charge in [0.25, 0.3) is 0 Å². The van der Waals surface area contributed by atoms with Crippen LogP contribution in [0.15, 0.2) is 12.7 Å². The lowest BCUT2D eigenvalue weighted by Crippen LogP contribution is -2.28. The highest BCUT2D eigenvalue weighted by atomic mass is 16.3. The van der Waals surface area contributed by atoms with Gasteiger partial charge < -0.3 is 10.0 Å². The molecular weight excluding hydrogens is 130 g/mol. The van der Waals surface area contributed by atoms with Gasteiger partial charge in [-0.15, -0.1) is 6.58 Å². The zero-order valence-electron chi connectivity index (χ0n) is 6.21. The van der Waals surface area contributed by atoms with E-state index in [1.54, 1.807) is 13.1 Å². The highest BCUT2D eigenvalue weighted by molar-refractivity contribution is 5.77. The zero-order valence-corrected chi connectivity index (χ0v) is 6.21. The van der Waals surface area contributed by atoms with Gasteiger partial charge in [0, 0.05) is 20.0 Å². The van der Waals surface area contributed by atoms with Crippen molar-refractivity contribution in [3.05, 3.63) is 12.7 Å². The predicted molar refractivity (Wildman–Crippen MR) is 39.5 cm³/mol. The first-order valence-corrected chi connectivity index (χ1v) is 3.18. The summed E-state index contributed by atoms with van der Waals surface area (Å²) in [6, 6.07) is 0. The fourth-order valence-corrected chi connectivity index (χ4v) is 0.554. The Labute approximate surface area is 61.0 Å². The molecule has 0 unspecified atom stereocenters. The average molecular weight is 143 g/mol. The summed E-state index contributed by atoms with van der Waals surface area (Å²) in [6.07, 6.45) is 1.90. The molecule has 1 N–H and O–H groups in total. The van der Waals surface area contributed by atoms with Crippen molar-refractivity contribution >= 4 is 5.91 Å². The number of rotatable bonds is 4. The summed E-state index contributed by atoms with van der Waals surface area (Å²) in [5, 5.41) is 8.43. The third kappa shape index (κ3) is 3.25. The van der Waals surface area contributed by atoms with Crippen LogP contribution >= 0.6 is 0 Å². The third-order valence-electron chi connectivity index (χ3n) is 1.18. The van der Waals surface area contributed by atoms with Gasteiger partial charge in [0.2, 0.25) is 5.91 Å². The monoisotopic (exact) mass is 143 g/mol. The maximum atomic E-state index is 10.9.